The fourth-order valence-electron chi connectivity index (χ4n) is 17.3. The molecule has 0 aromatic heterocycles. The number of benzene rings is 14. The van der Waals surface area contributed by atoms with Crippen molar-refractivity contribution in [2.45, 2.75) is 16.2 Å². The van der Waals surface area contributed by atoms with Crippen molar-refractivity contribution in [1.29, 1.82) is 0 Å². The van der Waals surface area contributed by atoms with Crippen LogP contribution in [0.25, 0.3) is 56.7 Å². The Morgan fingerprint density at radius 1 is 0.214 bits per heavy atom. The maximum atomic E-state index is 17.3. The van der Waals surface area contributed by atoms with Crippen LogP contribution in [0.4, 0.5) is 78.0 Å². The standard InChI is InChI=1S/C91H52F10N2/c1-3-51-31-35-53(36-32-51)89(77-79(92)83(96)87(100)84(97)80(77)93)69-27-15-11-25-63(69)65-43-39-57(47-73(65)89)102(55-19-7-5-8-20-55)59-41-45-67-68-46-42-60(50-76(68)91(75(67)49-59)71-29-17-13-23-61(71)62-24-14-18-30-72(62)91)103(56-21-9-6-10-22-56)58-40-44-66-64-26-12-16-28-70(64)90(74(66)48-58,54-37-33-52(4-2)34-38-54)78-81(94)85(98)88(101)86(99)82(78)95/h3-50H,1-2H2. The molecule has 496 valence electrons. The van der Waals surface area contributed by atoms with E-state index < -0.39 is 85.5 Å². The molecular weight excluding hydrogens is 1310 g/mol. The number of nitrogens with zero attached hydrogens (tertiary/aromatic N) is 2. The molecule has 0 bridgehead atoms. The second kappa shape index (κ2) is 23.3. The van der Waals surface area contributed by atoms with Gasteiger partial charge in [0.1, 0.15) is 0 Å². The molecule has 14 aromatic carbocycles. The Labute approximate surface area is 586 Å². The smallest absolute Gasteiger partial charge is 0.200 e. The maximum absolute atomic E-state index is 17.3. The molecule has 2 atom stereocenters. The second-order valence-corrected chi connectivity index (χ2v) is 26.2. The molecule has 0 amide bonds. The highest BCUT2D eigenvalue weighted by molar-refractivity contribution is 5.99. The van der Waals surface area contributed by atoms with Gasteiger partial charge >= 0.3 is 0 Å². The molecule has 0 saturated carbocycles. The van der Waals surface area contributed by atoms with Crippen molar-refractivity contribution in [3.63, 3.8) is 0 Å². The molecule has 2 unspecified atom stereocenters. The number of fused-ring (bicyclic) bond motifs is 16. The summed E-state index contributed by atoms with van der Waals surface area (Å²) in [6.07, 6.45) is 3.19. The van der Waals surface area contributed by atoms with Crippen LogP contribution in [-0.2, 0) is 16.2 Å². The van der Waals surface area contributed by atoms with Crippen LogP contribution in [0.3, 0.4) is 0 Å². The van der Waals surface area contributed by atoms with E-state index in [1.165, 1.54) is 0 Å². The zero-order valence-electron chi connectivity index (χ0n) is 54.3. The largest absolute Gasteiger partial charge is 0.310 e. The van der Waals surface area contributed by atoms with Crippen LogP contribution < -0.4 is 9.80 Å². The highest BCUT2D eigenvalue weighted by atomic mass is 19.2. The van der Waals surface area contributed by atoms with Crippen molar-refractivity contribution in [1.82, 2.24) is 0 Å². The fraction of sp³-hybridized carbons (Fsp3) is 0.0330. The van der Waals surface area contributed by atoms with Gasteiger partial charge in [0.25, 0.3) is 0 Å². The third-order valence-electron chi connectivity index (χ3n) is 21.5. The molecule has 0 saturated heterocycles. The highest BCUT2D eigenvalue weighted by Crippen LogP contribution is 2.66. The lowest BCUT2D eigenvalue weighted by Gasteiger charge is -2.36. The van der Waals surface area contributed by atoms with Gasteiger partial charge in [-0.05, 0) is 184 Å². The van der Waals surface area contributed by atoms with Gasteiger partial charge in [0.15, 0.2) is 46.5 Å². The first-order valence-corrected chi connectivity index (χ1v) is 33.4. The zero-order valence-corrected chi connectivity index (χ0v) is 54.3. The molecule has 0 radical (unpaired) electrons. The van der Waals surface area contributed by atoms with Crippen LogP contribution in [0.15, 0.2) is 292 Å². The Morgan fingerprint density at radius 2 is 0.447 bits per heavy atom. The van der Waals surface area contributed by atoms with Crippen molar-refractivity contribution < 1.29 is 43.9 Å². The van der Waals surface area contributed by atoms with E-state index in [2.05, 4.69) is 61.7 Å². The number of halogens is 10. The minimum Gasteiger partial charge on any atom is -0.310 e. The van der Waals surface area contributed by atoms with E-state index in [4.69, 9.17) is 0 Å². The van der Waals surface area contributed by atoms with E-state index in [0.29, 0.717) is 78.6 Å². The van der Waals surface area contributed by atoms with Crippen molar-refractivity contribution in [3.8, 4) is 44.5 Å². The molecule has 18 rings (SSSR count). The van der Waals surface area contributed by atoms with Gasteiger partial charge in [0.2, 0.25) is 11.6 Å². The summed E-state index contributed by atoms with van der Waals surface area (Å²) >= 11 is 0. The number of hydrogen-bond donors (Lipinski definition) is 0. The van der Waals surface area contributed by atoms with E-state index in [-0.39, 0.29) is 22.3 Å². The van der Waals surface area contributed by atoms with Crippen LogP contribution >= 0.6 is 0 Å². The lowest BCUT2D eigenvalue weighted by atomic mass is 9.67. The van der Waals surface area contributed by atoms with Crippen LogP contribution in [0, 0.1) is 58.2 Å². The summed E-state index contributed by atoms with van der Waals surface area (Å²) in [5, 5.41) is 0. The highest BCUT2D eigenvalue weighted by Gasteiger charge is 2.55. The lowest BCUT2D eigenvalue weighted by molar-refractivity contribution is 0.363. The van der Waals surface area contributed by atoms with E-state index in [1.807, 2.05) is 131 Å². The van der Waals surface area contributed by atoms with Crippen LogP contribution in [0.5, 0.6) is 0 Å². The van der Waals surface area contributed by atoms with E-state index in [9.17, 15) is 0 Å². The van der Waals surface area contributed by atoms with Crippen molar-refractivity contribution in [2.75, 3.05) is 9.80 Å². The van der Waals surface area contributed by atoms with E-state index >= 15 is 43.9 Å². The number of rotatable bonds is 12. The van der Waals surface area contributed by atoms with Gasteiger partial charge in [0.05, 0.1) is 16.2 Å². The molecule has 12 heteroatoms. The van der Waals surface area contributed by atoms with Crippen molar-refractivity contribution in [2.24, 2.45) is 0 Å². The van der Waals surface area contributed by atoms with E-state index in [1.54, 1.807) is 121 Å². The summed E-state index contributed by atoms with van der Waals surface area (Å²) in [4.78, 5) is 4.04. The van der Waals surface area contributed by atoms with Gasteiger partial charge in [-0.25, -0.2) is 43.9 Å². The number of hydrogen-bond acceptors (Lipinski definition) is 2. The second-order valence-electron chi connectivity index (χ2n) is 26.2. The van der Waals surface area contributed by atoms with Crippen LogP contribution in [0.1, 0.15) is 77.9 Å². The first-order valence-electron chi connectivity index (χ1n) is 33.4. The summed E-state index contributed by atoms with van der Waals surface area (Å²) in [5.74, 6) is -20.7. The summed E-state index contributed by atoms with van der Waals surface area (Å²) in [6.45, 7) is 7.81. The fourth-order valence-corrected chi connectivity index (χ4v) is 17.3. The molecule has 0 fully saturated rings. The van der Waals surface area contributed by atoms with Gasteiger partial charge in [0, 0.05) is 45.3 Å². The topological polar surface area (TPSA) is 6.48 Å². The minimum atomic E-state index is -2.28. The molecular formula is C91H52F10N2. The molecule has 2 nitrogen and oxygen atoms in total. The molecule has 0 aliphatic heterocycles. The molecule has 14 aromatic rings. The first-order chi connectivity index (χ1) is 50.2. The predicted octanol–water partition coefficient (Wildman–Crippen LogP) is 24.4. The van der Waals surface area contributed by atoms with Gasteiger partial charge in [-0.3, -0.25) is 0 Å². The van der Waals surface area contributed by atoms with Gasteiger partial charge in [-0.2, -0.15) is 0 Å². The van der Waals surface area contributed by atoms with Gasteiger partial charge in [-0.15, -0.1) is 0 Å². The number of para-hydroxylation sites is 2. The molecule has 1 spiro atoms. The average Bonchev–Trinajstić information content (AvgIpc) is 1.07. The molecule has 0 N–H and O–H groups in total. The first kappa shape index (κ1) is 62.7. The van der Waals surface area contributed by atoms with Crippen molar-refractivity contribution >= 4 is 46.3 Å². The lowest BCUT2D eigenvalue weighted by Crippen LogP contribution is -2.33. The summed E-state index contributed by atoms with van der Waals surface area (Å²) in [5.41, 5.74) is 8.70. The monoisotopic (exact) mass is 1360 g/mol. The Kier molecular flexibility index (Phi) is 14.2. The molecule has 103 heavy (non-hydrogen) atoms. The number of anilines is 6. The third-order valence-corrected chi connectivity index (χ3v) is 21.5. The van der Waals surface area contributed by atoms with E-state index in [0.717, 1.165) is 44.5 Å². The zero-order chi connectivity index (χ0) is 70.5. The normalized spacial score (nSPS) is 15.7. The third kappa shape index (κ3) is 8.52. The van der Waals surface area contributed by atoms with Crippen LogP contribution in [0.2, 0.25) is 0 Å². The summed E-state index contributed by atoms with van der Waals surface area (Å²) < 4.78 is 164. The van der Waals surface area contributed by atoms with Crippen LogP contribution in [-0.4, -0.2) is 0 Å². The van der Waals surface area contributed by atoms with Gasteiger partial charge in [-0.1, -0.05) is 232 Å². The Bertz CT molecular complexity index is 5530. The molecule has 4 aliphatic rings. The minimum absolute atomic E-state index is 0.241. The molecule has 0 heterocycles. The Balaban J connectivity index is 0.865. The summed E-state index contributed by atoms with van der Waals surface area (Å²) in [7, 11) is 0. The molecule has 4 aliphatic carbocycles. The Morgan fingerprint density at radius 3 is 0.728 bits per heavy atom. The predicted molar refractivity (Wildman–Crippen MR) is 386 cm³/mol. The van der Waals surface area contributed by atoms with Gasteiger partial charge < -0.3 is 9.80 Å². The average molecular weight is 1360 g/mol. The quantitative estimate of drug-likeness (QED) is 0.0683. The Hall–Kier alpha value is -12.5. The van der Waals surface area contributed by atoms with Crippen molar-refractivity contribution in [3.05, 3.63) is 428 Å². The maximum Gasteiger partial charge on any atom is 0.200 e. The SMILES string of the molecule is C=Cc1ccc(C2(c3c(F)c(F)c(F)c(F)c3F)c3ccccc3-c3ccc(N(c4ccccc4)c4ccc5c(c4)C4(c6ccccc6-c6ccccc64)c4cc(N(c6ccccc6)c6ccc7c(c6)C(c6ccc(C=C)cc6)(c6c(F)c(F)c(F)c(F)c6F)c6ccccc6-7)ccc4-5)cc32)cc1. The summed E-state index contributed by atoms with van der Waals surface area (Å²) in [6, 6.07) is 86.1.